The number of hydrogen-bond acceptors (Lipinski definition) is 8. The molecule has 0 spiro atoms. The van der Waals surface area contributed by atoms with E-state index in [1.807, 2.05) is 0 Å². The third-order valence-electron chi connectivity index (χ3n) is 8.42. The van der Waals surface area contributed by atoms with Gasteiger partial charge in [-0.25, -0.2) is 8.78 Å². The van der Waals surface area contributed by atoms with Crippen LogP contribution in [0.5, 0.6) is 11.8 Å². The summed E-state index contributed by atoms with van der Waals surface area (Å²) >= 11 is 0. The maximum absolute atomic E-state index is 16.6. The van der Waals surface area contributed by atoms with Gasteiger partial charge in [0.2, 0.25) is 0 Å². The van der Waals surface area contributed by atoms with Crippen LogP contribution in [0.15, 0.2) is 30.5 Å². The number of halogens is 2. The van der Waals surface area contributed by atoms with E-state index < -0.39 is 11.6 Å². The van der Waals surface area contributed by atoms with Crippen molar-refractivity contribution in [1.82, 2.24) is 19.9 Å². The lowest BCUT2D eigenvalue weighted by atomic mass is 9.96. The Kier molecular flexibility index (Phi) is 6.36. The van der Waals surface area contributed by atoms with Crippen LogP contribution < -0.4 is 9.64 Å². The Morgan fingerprint density at radius 2 is 2.07 bits per heavy atom. The van der Waals surface area contributed by atoms with Gasteiger partial charge in [-0.2, -0.15) is 9.97 Å². The molecule has 2 aromatic carbocycles. The minimum Gasteiger partial charge on any atom is -0.508 e. The predicted octanol–water partition coefficient (Wildman–Crippen LogP) is 4.65. The third-order valence-corrected chi connectivity index (χ3v) is 8.42. The quantitative estimate of drug-likeness (QED) is 0.355. The van der Waals surface area contributed by atoms with Crippen molar-refractivity contribution in [3.63, 3.8) is 0 Å². The Hall–Kier alpha value is -4.07. The molecule has 2 aromatic heterocycles. The Bertz CT molecular complexity index is 1720. The standard InChI is InChI=1S/C31H29F2N5O3/c1-3-20-23(32)8-7-17-12-19(39)13-21(26(17)20)28-27(33)29-22(15-34-28)30(38-10-5-11-40-25-14-24(25)38)36-31(35-29)41-16-18-6-4-9-37(18)2/h1,7-8,12-13,15,18,24-25,39H,4-6,9-11,14,16H2,2H3/t18-,24+,25-/m1/s1. The number of ether oxygens (including phenoxy) is 2. The summed E-state index contributed by atoms with van der Waals surface area (Å²) in [7, 11) is 2.06. The summed E-state index contributed by atoms with van der Waals surface area (Å²) in [6.45, 7) is 2.74. The molecule has 0 bridgehead atoms. The van der Waals surface area contributed by atoms with Crippen LogP contribution in [-0.4, -0.2) is 76.5 Å². The Labute approximate surface area is 235 Å². The van der Waals surface area contributed by atoms with E-state index in [2.05, 4.69) is 32.7 Å². The van der Waals surface area contributed by atoms with Crippen molar-refractivity contribution in [2.45, 2.75) is 43.9 Å². The highest BCUT2D eigenvalue weighted by Crippen LogP contribution is 2.42. The first-order valence-electron chi connectivity index (χ1n) is 13.9. The Morgan fingerprint density at radius 3 is 2.88 bits per heavy atom. The maximum Gasteiger partial charge on any atom is 0.319 e. The Balaban J connectivity index is 1.40. The lowest BCUT2D eigenvalue weighted by Crippen LogP contribution is -2.31. The molecule has 2 saturated heterocycles. The van der Waals surface area contributed by atoms with E-state index in [0.29, 0.717) is 36.3 Å². The molecular formula is C31H29F2N5O3. The summed E-state index contributed by atoms with van der Waals surface area (Å²) in [6, 6.07) is 5.98. The largest absolute Gasteiger partial charge is 0.508 e. The van der Waals surface area contributed by atoms with Gasteiger partial charge in [0.25, 0.3) is 0 Å². The number of pyridine rings is 1. The molecule has 10 heteroatoms. The molecule has 2 aliphatic heterocycles. The molecule has 1 aliphatic carbocycles. The average molecular weight is 558 g/mol. The van der Waals surface area contributed by atoms with Gasteiger partial charge in [0.1, 0.15) is 35.2 Å². The SMILES string of the molecule is C#Cc1c(F)ccc2cc(O)cc(-c3ncc4c(N5CCCO[C@@H]6C[C@@H]65)nc(OC[C@H]5CCCN5C)nc4c3F)c12. The minimum absolute atomic E-state index is 0.0313. The number of phenolic OH excluding ortho intramolecular Hbond substituents is 1. The number of nitrogens with zero attached hydrogens (tertiary/aromatic N) is 5. The number of phenols is 1. The second-order valence-corrected chi connectivity index (χ2v) is 11.0. The molecule has 41 heavy (non-hydrogen) atoms. The summed E-state index contributed by atoms with van der Waals surface area (Å²) in [5, 5.41) is 11.7. The smallest absolute Gasteiger partial charge is 0.319 e. The number of aromatic hydroxyl groups is 1. The zero-order valence-corrected chi connectivity index (χ0v) is 22.6. The fourth-order valence-corrected chi connectivity index (χ4v) is 6.17. The topological polar surface area (TPSA) is 83.8 Å². The lowest BCUT2D eigenvalue weighted by Gasteiger charge is -2.24. The highest BCUT2D eigenvalue weighted by molar-refractivity contribution is 6.03. The van der Waals surface area contributed by atoms with Crippen molar-refractivity contribution in [2.24, 2.45) is 0 Å². The molecule has 0 amide bonds. The Morgan fingerprint density at radius 1 is 1.20 bits per heavy atom. The van der Waals surface area contributed by atoms with Crippen LogP contribution in [0.2, 0.25) is 0 Å². The van der Waals surface area contributed by atoms with Crippen LogP contribution in [0.1, 0.15) is 31.2 Å². The first-order chi connectivity index (χ1) is 19.9. The van der Waals surface area contributed by atoms with Crippen LogP contribution in [0.25, 0.3) is 32.9 Å². The molecule has 3 fully saturated rings. The number of aromatic nitrogens is 3. The monoisotopic (exact) mass is 557 g/mol. The number of hydrogen-bond donors (Lipinski definition) is 1. The fraction of sp³-hybridized carbons (Fsp3) is 0.387. The van der Waals surface area contributed by atoms with E-state index in [1.165, 1.54) is 30.5 Å². The van der Waals surface area contributed by atoms with Gasteiger partial charge in [0.05, 0.1) is 23.1 Å². The van der Waals surface area contributed by atoms with Crippen molar-refractivity contribution in [3.05, 3.63) is 47.7 Å². The third kappa shape index (κ3) is 4.49. The molecule has 0 unspecified atom stereocenters. The molecule has 4 heterocycles. The summed E-state index contributed by atoms with van der Waals surface area (Å²) in [5.41, 5.74) is 0.0751. The summed E-state index contributed by atoms with van der Waals surface area (Å²) in [4.78, 5) is 18.2. The molecule has 210 valence electrons. The molecule has 3 atom stereocenters. The van der Waals surface area contributed by atoms with Gasteiger partial charge < -0.3 is 24.4 Å². The first kappa shape index (κ1) is 25.9. The van der Waals surface area contributed by atoms with E-state index in [1.54, 1.807) is 0 Å². The van der Waals surface area contributed by atoms with Gasteiger partial charge in [-0.3, -0.25) is 4.98 Å². The first-order valence-corrected chi connectivity index (χ1v) is 13.9. The molecule has 7 rings (SSSR count). The molecule has 3 aliphatic rings. The second-order valence-electron chi connectivity index (χ2n) is 11.0. The lowest BCUT2D eigenvalue weighted by molar-refractivity contribution is 0.124. The minimum atomic E-state index is -0.730. The van der Waals surface area contributed by atoms with Crippen LogP contribution in [0, 0.1) is 24.0 Å². The molecule has 0 radical (unpaired) electrons. The zero-order chi connectivity index (χ0) is 28.2. The van der Waals surface area contributed by atoms with E-state index in [-0.39, 0.29) is 57.7 Å². The van der Waals surface area contributed by atoms with Crippen LogP contribution >= 0.6 is 0 Å². The van der Waals surface area contributed by atoms with Gasteiger partial charge >= 0.3 is 6.01 Å². The van der Waals surface area contributed by atoms with Gasteiger partial charge in [0.15, 0.2) is 5.82 Å². The van der Waals surface area contributed by atoms with Crippen molar-refractivity contribution in [1.29, 1.82) is 0 Å². The van der Waals surface area contributed by atoms with Crippen LogP contribution in [0.3, 0.4) is 0 Å². The number of rotatable bonds is 5. The van der Waals surface area contributed by atoms with Crippen LogP contribution in [0.4, 0.5) is 14.6 Å². The highest BCUT2D eigenvalue weighted by atomic mass is 19.1. The van der Waals surface area contributed by atoms with Gasteiger partial charge in [-0.1, -0.05) is 12.0 Å². The average Bonchev–Trinajstić information content (AvgIpc) is 3.65. The molecule has 8 nitrogen and oxygen atoms in total. The number of benzene rings is 2. The molecule has 4 aromatic rings. The van der Waals surface area contributed by atoms with E-state index in [4.69, 9.17) is 20.9 Å². The number of fused-ring (bicyclic) bond motifs is 3. The van der Waals surface area contributed by atoms with Crippen molar-refractivity contribution in [3.8, 4) is 35.4 Å². The predicted molar refractivity (Wildman–Crippen MR) is 151 cm³/mol. The van der Waals surface area contributed by atoms with Crippen molar-refractivity contribution in [2.75, 3.05) is 38.3 Å². The van der Waals surface area contributed by atoms with Gasteiger partial charge in [-0.15, -0.1) is 6.42 Å². The number of likely N-dealkylation sites (N-methyl/N-ethyl adjacent to an activating group) is 1. The van der Waals surface area contributed by atoms with Gasteiger partial charge in [-0.05, 0) is 62.9 Å². The normalized spacial score (nSPS) is 22.5. The number of likely N-dealkylation sites (tertiary alicyclic amines) is 1. The summed E-state index contributed by atoms with van der Waals surface area (Å²) in [6.07, 6.45) is 11.1. The second kappa shape index (κ2) is 10.1. The molecule has 1 N–H and O–H groups in total. The fourth-order valence-electron chi connectivity index (χ4n) is 6.17. The van der Waals surface area contributed by atoms with Crippen LogP contribution in [-0.2, 0) is 4.74 Å². The summed E-state index contributed by atoms with van der Waals surface area (Å²) in [5.74, 6) is 1.45. The number of anilines is 1. The highest BCUT2D eigenvalue weighted by Gasteiger charge is 2.45. The van der Waals surface area contributed by atoms with Crippen molar-refractivity contribution < 1.29 is 23.4 Å². The van der Waals surface area contributed by atoms with E-state index >= 15 is 4.39 Å². The van der Waals surface area contributed by atoms with Gasteiger partial charge in [0, 0.05) is 36.3 Å². The molecule has 1 saturated carbocycles. The number of terminal acetylenes is 1. The van der Waals surface area contributed by atoms with E-state index in [9.17, 15) is 9.50 Å². The van der Waals surface area contributed by atoms with E-state index in [0.717, 1.165) is 32.2 Å². The molecular weight excluding hydrogens is 528 g/mol. The van der Waals surface area contributed by atoms with Crippen molar-refractivity contribution >= 4 is 27.5 Å². The zero-order valence-electron chi connectivity index (χ0n) is 22.6. The maximum atomic E-state index is 16.6. The summed E-state index contributed by atoms with van der Waals surface area (Å²) < 4.78 is 43.3.